The molecule has 2 rings (SSSR count). The molecule has 0 spiro atoms. The maximum absolute atomic E-state index is 11.7. The highest BCUT2D eigenvalue weighted by Gasteiger charge is 2.31. The summed E-state index contributed by atoms with van der Waals surface area (Å²) in [4.78, 5) is 23.1. The first-order valence-corrected chi connectivity index (χ1v) is 6.74. The molecule has 20 heavy (non-hydrogen) atoms. The first kappa shape index (κ1) is 14.4. The van der Waals surface area contributed by atoms with Crippen molar-refractivity contribution in [1.29, 1.82) is 0 Å². The minimum Gasteiger partial charge on any atom is -0.469 e. The van der Waals surface area contributed by atoms with Gasteiger partial charge in [-0.2, -0.15) is 0 Å². The van der Waals surface area contributed by atoms with Gasteiger partial charge >= 0.3 is 12.1 Å². The molecule has 0 heterocycles. The van der Waals surface area contributed by atoms with Gasteiger partial charge in [-0.3, -0.25) is 4.79 Å². The lowest BCUT2D eigenvalue weighted by atomic mass is 10.1. The molecular formula is C15H19NO4. The third kappa shape index (κ3) is 3.98. The van der Waals surface area contributed by atoms with E-state index in [2.05, 4.69) is 5.32 Å². The van der Waals surface area contributed by atoms with Gasteiger partial charge in [0.15, 0.2) is 0 Å². The molecule has 1 fully saturated rings. The molecule has 2 atom stereocenters. The Labute approximate surface area is 118 Å². The molecule has 0 unspecified atom stereocenters. The zero-order valence-corrected chi connectivity index (χ0v) is 11.5. The van der Waals surface area contributed by atoms with Gasteiger partial charge in [-0.15, -0.1) is 0 Å². The van der Waals surface area contributed by atoms with Crippen LogP contribution in [0.15, 0.2) is 30.3 Å². The van der Waals surface area contributed by atoms with E-state index in [9.17, 15) is 9.59 Å². The summed E-state index contributed by atoms with van der Waals surface area (Å²) < 4.78 is 9.86. The lowest BCUT2D eigenvalue weighted by Crippen LogP contribution is -2.33. The molecule has 0 bridgehead atoms. The topological polar surface area (TPSA) is 64.6 Å². The van der Waals surface area contributed by atoms with Crippen molar-refractivity contribution in [2.24, 2.45) is 5.92 Å². The molecule has 5 heteroatoms. The van der Waals surface area contributed by atoms with Crippen molar-refractivity contribution in [3.63, 3.8) is 0 Å². The van der Waals surface area contributed by atoms with Gasteiger partial charge in [-0.1, -0.05) is 30.3 Å². The van der Waals surface area contributed by atoms with Crippen molar-refractivity contribution < 1.29 is 19.1 Å². The van der Waals surface area contributed by atoms with E-state index in [0.717, 1.165) is 18.4 Å². The van der Waals surface area contributed by atoms with Crippen molar-refractivity contribution in [3.8, 4) is 0 Å². The number of hydrogen-bond acceptors (Lipinski definition) is 4. The van der Waals surface area contributed by atoms with Crippen molar-refractivity contribution >= 4 is 12.1 Å². The highest BCUT2D eigenvalue weighted by molar-refractivity contribution is 5.73. The van der Waals surface area contributed by atoms with Crippen molar-refractivity contribution in [2.75, 3.05) is 7.11 Å². The number of carbonyl (C=O) groups is 2. The number of amides is 1. The molecule has 0 radical (unpaired) electrons. The van der Waals surface area contributed by atoms with Crippen LogP contribution in [-0.2, 0) is 20.9 Å². The van der Waals surface area contributed by atoms with Gasteiger partial charge in [0, 0.05) is 6.04 Å². The molecule has 108 valence electrons. The zero-order chi connectivity index (χ0) is 14.4. The molecular weight excluding hydrogens is 258 g/mol. The van der Waals surface area contributed by atoms with Crippen LogP contribution >= 0.6 is 0 Å². The summed E-state index contributed by atoms with van der Waals surface area (Å²) >= 11 is 0. The molecule has 1 aliphatic rings. The van der Waals surface area contributed by atoms with Crippen LogP contribution < -0.4 is 5.32 Å². The molecule has 1 amide bonds. The fourth-order valence-corrected chi connectivity index (χ4v) is 2.42. The van der Waals surface area contributed by atoms with E-state index in [0.29, 0.717) is 6.42 Å². The maximum atomic E-state index is 11.7. The van der Waals surface area contributed by atoms with E-state index in [1.165, 1.54) is 7.11 Å². The Morgan fingerprint density at radius 2 is 2.00 bits per heavy atom. The number of alkyl carbamates (subject to hydrolysis) is 1. The Bertz CT molecular complexity index is 460. The van der Waals surface area contributed by atoms with Crippen LogP contribution in [0, 0.1) is 5.92 Å². The van der Waals surface area contributed by atoms with Crippen LogP contribution in [0.4, 0.5) is 4.79 Å². The van der Waals surface area contributed by atoms with Crippen LogP contribution in [0.25, 0.3) is 0 Å². The third-order valence-corrected chi connectivity index (χ3v) is 3.50. The molecule has 0 saturated heterocycles. The van der Waals surface area contributed by atoms with E-state index in [1.54, 1.807) is 0 Å². The Kier molecular flexibility index (Phi) is 4.98. The third-order valence-electron chi connectivity index (χ3n) is 3.50. The Balaban J connectivity index is 1.72. The zero-order valence-electron chi connectivity index (χ0n) is 11.5. The summed E-state index contributed by atoms with van der Waals surface area (Å²) in [6.07, 6.45) is 1.70. The number of methoxy groups -OCH3 is 1. The maximum Gasteiger partial charge on any atom is 0.407 e. The molecule has 1 N–H and O–H groups in total. The summed E-state index contributed by atoms with van der Waals surface area (Å²) in [7, 11) is 1.39. The van der Waals surface area contributed by atoms with Gasteiger partial charge in [-0.05, 0) is 24.8 Å². The van der Waals surface area contributed by atoms with Crippen LogP contribution in [0.2, 0.25) is 0 Å². The van der Waals surface area contributed by atoms with E-state index in [1.807, 2.05) is 30.3 Å². The first-order valence-electron chi connectivity index (χ1n) is 6.74. The number of rotatable bonds is 4. The SMILES string of the molecule is COC(=O)[C@@H]1CC[C@H](NC(=O)OCc2ccccc2)C1. The average Bonchev–Trinajstić information content (AvgIpc) is 2.94. The van der Waals surface area contributed by atoms with Gasteiger partial charge in [0.1, 0.15) is 6.61 Å². The lowest BCUT2D eigenvalue weighted by molar-refractivity contribution is -0.145. The number of benzene rings is 1. The Morgan fingerprint density at radius 1 is 1.25 bits per heavy atom. The summed E-state index contributed by atoms with van der Waals surface area (Å²) in [5.74, 6) is -0.314. The van der Waals surface area contributed by atoms with Crippen LogP contribution in [0.3, 0.4) is 0 Å². The Morgan fingerprint density at radius 3 is 2.70 bits per heavy atom. The first-order chi connectivity index (χ1) is 9.69. The standard InChI is InChI=1S/C15H19NO4/c1-19-14(17)12-7-8-13(9-12)16-15(18)20-10-11-5-3-2-4-6-11/h2-6,12-13H,7-10H2,1H3,(H,16,18)/t12-,13+/m1/s1. The van der Waals surface area contributed by atoms with E-state index in [-0.39, 0.29) is 24.5 Å². The Hall–Kier alpha value is -2.04. The van der Waals surface area contributed by atoms with Crippen LogP contribution in [0.5, 0.6) is 0 Å². The largest absolute Gasteiger partial charge is 0.469 e. The number of hydrogen-bond donors (Lipinski definition) is 1. The van der Waals surface area contributed by atoms with Crippen molar-refractivity contribution in [3.05, 3.63) is 35.9 Å². The van der Waals surface area contributed by atoms with Crippen molar-refractivity contribution in [2.45, 2.75) is 31.9 Å². The fraction of sp³-hybridized carbons (Fsp3) is 0.467. The second-order valence-corrected chi connectivity index (χ2v) is 4.94. The van der Waals surface area contributed by atoms with Gasteiger partial charge in [0.05, 0.1) is 13.0 Å². The summed E-state index contributed by atoms with van der Waals surface area (Å²) in [6.45, 7) is 0.250. The molecule has 0 aliphatic heterocycles. The van der Waals surface area contributed by atoms with E-state index in [4.69, 9.17) is 9.47 Å². The predicted octanol–water partition coefficient (Wildman–Crippen LogP) is 2.25. The second kappa shape index (κ2) is 6.93. The number of ether oxygens (including phenoxy) is 2. The smallest absolute Gasteiger partial charge is 0.407 e. The highest BCUT2D eigenvalue weighted by Crippen LogP contribution is 2.26. The van der Waals surface area contributed by atoms with Gasteiger partial charge < -0.3 is 14.8 Å². The number of carbonyl (C=O) groups excluding carboxylic acids is 2. The second-order valence-electron chi connectivity index (χ2n) is 4.94. The molecule has 1 aromatic rings. The van der Waals surface area contributed by atoms with Crippen molar-refractivity contribution in [1.82, 2.24) is 5.32 Å². The fourth-order valence-electron chi connectivity index (χ4n) is 2.42. The lowest BCUT2D eigenvalue weighted by Gasteiger charge is -2.13. The summed E-state index contributed by atoms with van der Waals surface area (Å²) in [6, 6.07) is 9.49. The summed E-state index contributed by atoms with van der Waals surface area (Å²) in [5, 5.41) is 2.79. The van der Waals surface area contributed by atoms with Gasteiger partial charge in [-0.25, -0.2) is 4.79 Å². The minimum atomic E-state index is -0.440. The molecule has 1 saturated carbocycles. The molecule has 1 aromatic carbocycles. The molecule has 5 nitrogen and oxygen atoms in total. The van der Waals surface area contributed by atoms with Gasteiger partial charge in [0.2, 0.25) is 0 Å². The normalized spacial score (nSPS) is 21.2. The number of nitrogens with one attached hydrogen (secondary N) is 1. The molecule has 1 aliphatic carbocycles. The van der Waals surface area contributed by atoms with Crippen LogP contribution in [0.1, 0.15) is 24.8 Å². The average molecular weight is 277 g/mol. The predicted molar refractivity (Wildman–Crippen MR) is 72.9 cm³/mol. The monoisotopic (exact) mass is 277 g/mol. The van der Waals surface area contributed by atoms with E-state index >= 15 is 0 Å². The minimum absolute atomic E-state index is 0.0117. The number of esters is 1. The van der Waals surface area contributed by atoms with Gasteiger partial charge in [0.25, 0.3) is 0 Å². The summed E-state index contributed by atoms with van der Waals surface area (Å²) in [5.41, 5.74) is 0.946. The highest BCUT2D eigenvalue weighted by atomic mass is 16.5. The van der Waals surface area contributed by atoms with E-state index < -0.39 is 6.09 Å². The van der Waals surface area contributed by atoms with Crippen LogP contribution in [-0.4, -0.2) is 25.2 Å². The molecule has 0 aromatic heterocycles. The quantitative estimate of drug-likeness (QED) is 0.857.